The minimum absolute atomic E-state index is 0.116. The Labute approximate surface area is 86.7 Å². The van der Waals surface area contributed by atoms with E-state index >= 15 is 0 Å². The minimum Gasteiger partial charge on any atom is -0.388 e. The molecule has 0 spiro atoms. The SMILES string of the molecule is OC(c1ccc(Cl)cc1F)C1CNC1. The molecule has 1 fully saturated rings. The van der Waals surface area contributed by atoms with Gasteiger partial charge in [0.15, 0.2) is 0 Å². The first-order chi connectivity index (χ1) is 6.68. The van der Waals surface area contributed by atoms with Gasteiger partial charge in [-0.1, -0.05) is 17.7 Å². The summed E-state index contributed by atoms with van der Waals surface area (Å²) in [5.41, 5.74) is 0.334. The van der Waals surface area contributed by atoms with Gasteiger partial charge in [-0.2, -0.15) is 0 Å². The third-order valence-electron chi connectivity index (χ3n) is 2.54. The van der Waals surface area contributed by atoms with E-state index < -0.39 is 11.9 Å². The molecule has 14 heavy (non-hydrogen) atoms. The monoisotopic (exact) mass is 215 g/mol. The van der Waals surface area contributed by atoms with Crippen LogP contribution in [0.4, 0.5) is 4.39 Å². The lowest BCUT2D eigenvalue weighted by Crippen LogP contribution is -2.45. The van der Waals surface area contributed by atoms with Crippen molar-refractivity contribution in [3.63, 3.8) is 0 Å². The van der Waals surface area contributed by atoms with Crippen molar-refractivity contribution in [1.29, 1.82) is 0 Å². The van der Waals surface area contributed by atoms with E-state index in [0.717, 1.165) is 13.1 Å². The zero-order valence-corrected chi connectivity index (χ0v) is 8.26. The molecule has 2 nitrogen and oxygen atoms in total. The molecule has 0 aromatic heterocycles. The molecule has 1 aliphatic rings. The van der Waals surface area contributed by atoms with Crippen LogP contribution in [0.5, 0.6) is 0 Å². The first kappa shape index (κ1) is 9.90. The van der Waals surface area contributed by atoms with E-state index in [1.54, 1.807) is 12.1 Å². The van der Waals surface area contributed by atoms with E-state index in [0.29, 0.717) is 10.6 Å². The maximum atomic E-state index is 13.4. The van der Waals surface area contributed by atoms with Gasteiger partial charge in [0, 0.05) is 29.6 Å². The van der Waals surface area contributed by atoms with Crippen molar-refractivity contribution in [1.82, 2.24) is 5.32 Å². The Morgan fingerprint density at radius 3 is 2.71 bits per heavy atom. The molecule has 2 rings (SSSR count). The molecule has 1 unspecified atom stereocenters. The van der Waals surface area contributed by atoms with Gasteiger partial charge in [0.25, 0.3) is 0 Å². The molecule has 1 aromatic rings. The fourth-order valence-corrected chi connectivity index (χ4v) is 1.69. The summed E-state index contributed by atoms with van der Waals surface area (Å²) in [5, 5.41) is 13.2. The number of nitrogens with one attached hydrogen (secondary N) is 1. The molecule has 1 aliphatic heterocycles. The van der Waals surface area contributed by atoms with Crippen LogP contribution in [0, 0.1) is 11.7 Å². The lowest BCUT2D eigenvalue weighted by atomic mass is 9.91. The van der Waals surface area contributed by atoms with E-state index in [2.05, 4.69) is 5.32 Å². The molecule has 0 radical (unpaired) electrons. The maximum absolute atomic E-state index is 13.4. The second kappa shape index (κ2) is 3.85. The van der Waals surface area contributed by atoms with Crippen LogP contribution in [0.1, 0.15) is 11.7 Å². The Bertz CT molecular complexity index is 341. The van der Waals surface area contributed by atoms with Gasteiger partial charge >= 0.3 is 0 Å². The highest BCUT2D eigenvalue weighted by Gasteiger charge is 2.28. The van der Waals surface area contributed by atoms with Gasteiger partial charge in [0.2, 0.25) is 0 Å². The summed E-state index contributed by atoms with van der Waals surface area (Å²) in [6.07, 6.45) is -0.728. The molecule has 1 atom stereocenters. The molecular formula is C10H11ClFNO. The second-order valence-corrected chi connectivity index (χ2v) is 3.97. The van der Waals surface area contributed by atoms with Crippen molar-refractivity contribution < 1.29 is 9.50 Å². The molecule has 0 bridgehead atoms. The van der Waals surface area contributed by atoms with Crippen molar-refractivity contribution >= 4 is 11.6 Å². The molecule has 1 aromatic carbocycles. The lowest BCUT2D eigenvalue weighted by molar-refractivity contribution is 0.0736. The van der Waals surface area contributed by atoms with E-state index in [1.165, 1.54) is 6.07 Å². The van der Waals surface area contributed by atoms with Crippen LogP contribution >= 0.6 is 11.6 Å². The Morgan fingerprint density at radius 1 is 1.50 bits per heavy atom. The van der Waals surface area contributed by atoms with Crippen LogP contribution in [0.15, 0.2) is 18.2 Å². The quantitative estimate of drug-likeness (QED) is 0.788. The summed E-state index contributed by atoms with van der Waals surface area (Å²) in [4.78, 5) is 0. The molecule has 0 amide bonds. The molecule has 1 heterocycles. The number of aliphatic hydroxyl groups excluding tert-OH is 1. The molecular weight excluding hydrogens is 205 g/mol. The van der Waals surface area contributed by atoms with E-state index in [4.69, 9.17) is 11.6 Å². The van der Waals surface area contributed by atoms with Crippen LogP contribution in [-0.2, 0) is 0 Å². The topological polar surface area (TPSA) is 32.3 Å². The van der Waals surface area contributed by atoms with E-state index in [9.17, 15) is 9.50 Å². The zero-order chi connectivity index (χ0) is 10.1. The first-order valence-corrected chi connectivity index (χ1v) is 4.90. The van der Waals surface area contributed by atoms with Gasteiger partial charge in [0.1, 0.15) is 5.82 Å². The largest absolute Gasteiger partial charge is 0.388 e. The Balaban J connectivity index is 2.22. The van der Waals surface area contributed by atoms with Crippen LogP contribution in [0.25, 0.3) is 0 Å². The predicted molar refractivity (Wildman–Crippen MR) is 52.7 cm³/mol. The fraction of sp³-hybridized carbons (Fsp3) is 0.400. The van der Waals surface area contributed by atoms with E-state index in [1.807, 2.05) is 0 Å². The van der Waals surface area contributed by atoms with Gasteiger partial charge in [0.05, 0.1) is 6.10 Å². The molecule has 4 heteroatoms. The number of rotatable bonds is 2. The van der Waals surface area contributed by atoms with Crippen molar-refractivity contribution in [2.75, 3.05) is 13.1 Å². The number of halogens is 2. The molecule has 1 saturated heterocycles. The third kappa shape index (κ3) is 1.75. The lowest BCUT2D eigenvalue weighted by Gasteiger charge is -2.31. The van der Waals surface area contributed by atoms with Crippen molar-refractivity contribution in [2.45, 2.75) is 6.10 Å². The molecule has 0 saturated carbocycles. The summed E-state index contributed by atoms with van der Waals surface area (Å²) in [5.74, 6) is -0.317. The van der Waals surface area contributed by atoms with Crippen LogP contribution in [-0.4, -0.2) is 18.2 Å². The summed E-state index contributed by atoms with van der Waals surface area (Å²) in [6.45, 7) is 1.48. The average Bonchev–Trinajstić information content (AvgIpc) is 2.00. The summed E-state index contributed by atoms with van der Waals surface area (Å²) in [7, 11) is 0. The maximum Gasteiger partial charge on any atom is 0.130 e. The summed E-state index contributed by atoms with van der Waals surface area (Å²) in [6, 6.07) is 4.36. The van der Waals surface area contributed by atoms with Gasteiger partial charge in [-0.15, -0.1) is 0 Å². The standard InChI is InChI=1S/C10H11ClFNO/c11-7-1-2-8(9(12)3-7)10(14)6-4-13-5-6/h1-3,6,10,13-14H,4-5H2. The smallest absolute Gasteiger partial charge is 0.130 e. The number of hydrogen-bond acceptors (Lipinski definition) is 2. The Kier molecular flexibility index (Phi) is 2.72. The van der Waals surface area contributed by atoms with Gasteiger partial charge in [-0.3, -0.25) is 0 Å². The highest BCUT2D eigenvalue weighted by molar-refractivity contribution is 6.30. The second-order valence-electron chi connectivity index (χ2n) is 3.53. The van der Waals surface area contributed by atoms with E-state index in [-0.39, 0.29) is 5.92 Å². The normalized spacial score (nSPS) is 19.1. The molecule has 2 N–H and O–H groups in total. The van der Waals surface area contributed by atoms with Gasteiger partial charge < -0.3 is 10.4 Å². The molecule has 76 valence electrons. The highest BCUT2D eigenvalue weighted by Crippen LogP contribution is 2.28. The van der Waals surface area contributed by atoms with Crippen LogP contribution < -0.4 is 5.32 Å². The van der Waals surface area contributed by atoms with Gasteiger partial charge in [-0.05, 0) is 12.1 Å². The summed E-state index contributed by atoms with van der Waals surface area (Å²) < 4.78 is 13.4. The predicted octanol–water partition coefficient (Wildman–Crippen LogP) is 1.73. The van der Waals surface area contributed by atoms with Crippen LogP contribution in [0.3, 0.4) is 0 Å². The van der Waals surface area contributed by atoms with Crippen molar-refractivity contribution in [3.8, 4) is 0 Å². The number of hydrogen-bond donors (Lipinski definition) is 2. The van der Waals surface area contributed by atoms with Gasteiger partial charge in [-0.25, -0.2) is 4.39 Å². The van der Waals surface area contributed by atoms with Crippen LogP contribution in [0.2, 0.25) is 5.02 Å². The number of aliphatic hydroxyl groups is 1. The fourth-order valence-electron chi connectivity index (χ4n) is 1.53. The number of benzene rings is 1. The Hall–Kier alpha value is -0.640. The molecule has 0 aliphatic carbocycles. The highest BCUT2D eigenvalue weighted by atomic mass is 35.5. The van der Waals surface area contributed by atoms with Crippen molar-refractivity contribution in [3.05, 3.63) is 34.6 Å². The van der Waals surface area contributed by atoms with Crippen molar-refractivity contribution in [2.24, 2.45) is 5.92 Å². The summed E-state index contributed by atoms with van der Waals surface area (Å²) >= 11 is 5.62. The third-order valence-corrected chi connectivity index (χ3v) is 2.78. The first-order valence-electron chi connectivity index (χ1n) is 4.52. The average molecular weight is 216 g/mol. The minimum atomic E-state index is -0.728. The zero-order valence-electron chi connectivity index (χ0n) is 7.50. The Morgan fingerprint density at radius 2 is 2.21 bits per heavy atom.